The monoisotopic (exact) mass is 415 g/mol. The summed E-state index contributed by atoms with van der Waals surface area (Å²) < 4.78 is 3.40. The second kappa shape index (κ2) is 7.63. The molecule has 0 bridgehead atoms. The number of nitrogens with one attached hydrogen (secondary N) is 1. The van der Waals surface area contributed by atoms with Gasteiger partial charge in [0.15, 0.2) is 5.82 Å². The van der Waals surface area contributed by atoms with Crippen LogP contribution in [0.25, 0.3) is 17.2 Å². The summed E-state index contributed by atoms with van der Waals surface area (Å²) in [5.41, 5.74) is 3.09. The summed E-state index contributed by atoms with van der Waals surface area (Å²) in [6.07, 6.45) is 9.67. The first-order chi connectivity index (χ1) is 15.1. The van der Waals surface area contributed by atoms with Gasteiger partial charge in [-0.2, -0.15) is 10.2 Å². The molecule has 4 aromatic heterocycles. The summed E-state index contributed by atoms with van der Waals surface area (Å²) in [5, 5.41) is 11.7. The number of aryl methyl sites for hydroxylation is 1. The Morgan fingerprint density at radius 3 is 2.68 bits per heavy atom. The maximum absolute atomic E-state index is 12.3. The maximum Gasteiger partial charge on any atom is 0.230 e. The van der Waals surface area contributed by atoms with E-state index >= 15 is 0 Å². The smallest absolute Gasteiger partial charge is 0.230 e. The number of carbonyl (C=O) groups excluding carboxylic acids is 1. The number of aromatic nitrogens is 7. The van der Waals surface area contributed by atoms with Gasteiger partial charge in [0.2, 0.25) is 11.9 Å². The zero-order chi connectivity index (χ0) is 21.4. The SMILES string of the molecule is CN1CC[C@H](c2cnn(-c3cccc(-c4ccnc(Nc5cnn(C)c5)n4)n3)c2)C1=O. The predicted molar refractivity (Wildman–Crippen MR) is 114 cm³/mol. The lowest BCUT2D eigenvalue weighted by Crippen LogP contribution is -2.21. The molecule has 0 saturated carbocycles. The second-order valence-electron chi connectivity index (χ2n) is 7.49. The van der Waals surface area contributed by atoms with Gasteiger partial charge < -0.3 is 10.2 Å². The van der Waals surface area contributed by atoms with Gasteiger partial charge in [-0.1, -0.05) is 6.07 Å². The van der Waals surface area contributed by atoms with Crippen LogP contribution in [-0.4, -0.2) is 58.9 Å². The molecule has 1 saturated heterocycles. The molecular weight excluding hydrogens is 394 g/mol. The molecule has 156 valence electrons. The van der Waals surface area contributed by atoms with Crippen molar-refractivity contribution >= 4 is 17.5 Å². The lowest BCUT2D eigenvalue weighted by Gasteiger charge is -2.08. The molecule has 1 amide bonds. The second-order valence-corrected chi connectivity index (χ2v) is 7.49. The number of hydrogen-bond donors (Lipinski definition) is 1. The third kappa shape index (κ3) is 3.75. The topological polar surface area (TPSA) is 107 Å². The Morgan fingerprint density at radius 2 is 1.90 bits per heavy atom. The molecule has 0 unspecified atom stereocenters. The highest BCUT2D eigenvalue weighted by molar-refractivity contribution is 5.85. The molecule has 10 nitrogen and oxygen atoms in total. The van der Waals surface area contributed by atoms with Crippen molar-refractivity contribution in [2.45, 2.75) is 12.3 Å². The molecule has 1 aliphatic rings. The predicted octanol–water partition coefficient (Wildman–Crippen LogP) is 2.15. The van der Waals surface area contributed by atoms with E-state index in [1.54, 1.807) is 32.9 Å². The summed E-state index contributed by atoms with van der Waals surface area (Å²) in [6.45, 7) is 0.769. The van der Waals surface area contributed by atoms with Crippen molar-refractivity contribution in [1.29, 1.82) is 0 Å². The van der Waals surface area contributed by atoms with Gasteiger partial charge >= 0.3 is 0 Å². The summed E-state index contributed by atoms with van der Waals surface area (Å²) in [5.74, 6) is 1.12. The molecule has 0 aromatic carbocycles. The zero-order valence-corrected chi connectivity index (χ0v) is 17.2. The van der Waals surface area contributed by atoms with Crippen LogP contribution < -0.4 is 5.32 Å². The minimum absolute atomic E-state index is 0.134. The number of pyridine rings is 1. The number of likely N-dealkylation sites (tertiary alicyclic amines) is 1. The lowest BCUT2D eigenvalue weighted by atomic mass is 10.0. The summed E-state index contributed by atoms with van der Waals surface area (Å²) >= 11 is 0. The third-order valence-corrected chi connectivity index (χ3v) is 5.28. The Labute approximate surface area is 178 Å². The van der Waals surface area contributed by atoms with Gasteiger partial charge in [0.25, 0.3) is 0 Å². The van der Waals surface area contributed by atoms with E-state index < -0.39 is 0 Å². The van der Waals surface area contributed by atoms with Gasteiger partial charge in [-0.05, 0) is 24.6 Å². The molecule has 1 N–H and O–H groups in total. The number of rotatable bonds is 5. The Morgan fingerprint density at radius 1 is 1.03 bits per heavy atom. The molecule has 1 atom stereocenters. The van der Waals surface area contributed by atoms with Gasteiger partial charge in [0, 0.05) is 44.8 Å². The van der Waals surface area contributed by atoms with E-state index in [1.807, 2.05) is 50.8 Å². The van der Waals surface area contributed by atoms with Crippen LogP contribution in [0.5, 0.6) is 0 Å². The van der Waals surface area contributed by atoms with E-state index in [0.29, 0.717) is 23.2 Å². The lowest BCUT2D eigenvalue weighted by molar-refractivity contribution is -0.127. The first-order valence-corrected chi connectivity index (χ1v) is 9.93. The van der Waals surface area contributed by atoms with Crippen molar-refractivity contribution in [3.8, 4) is 17.2 Å². The fraction of sp³-hybridized carbons (Fsp3) is 0.238. The zero-order valence-electron chi connectivity index (χ0n) is 17.2. The van der Waals surface area contributed by atoms with E-state index in [9.17, 15) is 4.79 Å². The standard InChI is InChI=1S/C21H21N9O/c1-28-9-7-16(20(28)31)14-10-24-30(12-14)19-5-3-4-17(26-19)18-6-8-22-21(27-18)25-15-11-23-29(2)13-15/h3-6,8,10-13,16H,7,9H2,1-2H3,(H,22,25,27)/t16-/m1/s1. The summed E-state index contributed by atoms with van der Waals surface area (Å²) in [7, 11) is 3.68. The Hall–Kier alpha value is -4.08. The van der Waals surface area contributed by atoms with Crippen LogP contribution in [0.3, 0.4) is 0 Å². The van der Waals surface area contributed by atoms with Crippen molar-refractivity contribution in [2.24, 2.45) is 7.05 Å². The molecule has 31 heavy (non-hydrogen) atoms. The number of likely N-dealkylation sites (N-methyl/N-ethyl adjacent to an activating group) is 1. The van der Waals surface area contributed by atoms with E-state index in [2.05, 4.69) is 25.5 Å². The molecule has 0 aliphatic carbocycles. The molecule has 0 radical (unpaired) electrons. The van der Waals surface area contributed by atoms with Gasteiger partial charge in [-0.25, -0.2) is 19.6 Å². The summed E-state index contributed by atoms with van der Waals surface area (Å²) in [6, 6.07) is 7.48. The highest BCUT2D eigenvalue weighted by Gasteiger charge is 2.31. The van der Waals surface area contributed by atoms with Gasteiger partial charge in [0.1, 0.15) is 0 Å². The Bertz CT molecular complexity index is 1240. The van der Waals surface area contributed by atoms with E-state index in [-0.39, 0.29) is 11.8 Å². The molecule has 1 aliphatic heterocycles. The molecule has 0 spiro atoms. The molecule has 5 rings (SSSR count). The van der Waals surface area contributed by atoms with Crippen molar-refractivity contribution < 1.29 is 4.79 Å². The number of nitrogens with zero attached hydrogens (tertiary/aromatic N) is 8. The number of anilines is 2. The van der Waals surface area contributed by atoms with Crippen LogP contribution in [0.15, 0.2) is 55.2 Å². The van der Waals surface area contributed by atoms with Crippen molar-refractivity contribution in [1.82, 2.24) is 39.4 Å². The number of carbonyl (C=O) groups is 1. The van der Waals surface area contributed by atoms with Crippen LogP contribution in [0.1, 0.15) is 17.9 Å². The van der Waals surface area contributed by atoms with Crippen LogP contribution in [0.4, 0.5) is 11.6 Å². The molecular formula is C21H21N9O. The minimum atomic E-state index is -0.134. The molecule has 4 aromatic rings. The normalized spacial score (nSPS) is 16.1. The van der Waals surface area contributed by atoms with Gasteiger partial charge in [0.05, 0.1) is 35.4 Å². The van der Waals surface area contributed by atoms with Crippen LogP contribution in [-0.2, 0) is 11.8 Å². The van der Waals surface area contributed by atoms with Crippen molar-refractivity contribution in [2.75, 3.05) is 18.9 Å². The largest absolute Gasteiger partial charge is 0.345 e. The highest BCUT2D eigenvalue weighted by atomic mass is 16.2. The maximum atomic E-state index is 12.3. The average molecular weight is 415 g/mol. The molecule has 5 heterocycles. The Balaban J connectivity index is 1.40. The van der Waals surface area contributed by atoms with E-state index in [1.165, 1.54) is 0 Å². The highest BCUT2D eigenvalue weighted by Crippen LogP contribution is 2.28. The van der Waals surface area contributed by atoms with Gasteiger partial charge in [-0.3, -0.25) is 9.48 Å². The summed E-state index contributed by atoms with van der Waals surface area (Å²) in [4.78, 5) is 27.6. The quantitative estimate of drug-likeness (QED) is 0.532. The van der Waals surface area contributed by atoms with Crippen LogP contribution in [0, 0.1) is 0 Å². The molecule has 1 fully saturated rings. The third-order valence-electron chi connectivity index (χ3n) is 5.28. The van der Waals surface area contributed by atoms with Gasteiger partial charge in [-0.15, -0.1) is 0 Å². The minimum Gasteiger partial charge on any atom is -0.345 e. The van der Waals surface area contributed by atoms with E-state index in [0.717, 1.165) is 24.2 Å². The van der Waals surface area contributed by atoms with Crippen molar-refractivity contribution in [3.05, 3.63) is 60.8 Å². The fourth-order valence-electron chi connectivity index (χ4n) is 3.64. The number of hydrogen-bond acceptors (Lipinski definition) is 7. The fourth-order valence-corrected chi connectivity index (χ4v) is 3.64. The van der Waals surface area contributed by atoms with E-state index in [4.69, 9.17) is 4.98 Å². The first-order valence-electron chi connectivity index (χ1n) is 9.93. The molecule has 10 heteroatoms. The van der Waals surface area contributed by atoms with Crippen LogP contribution in [0.2, 0.25) is 0 Å². The van der Waals surface area contributed by atoms with Crippen molar-refractivity contribution in [3.63, 3.8) is 0 Å². The number of amides is 1. The Kier molecular flexibility index (Phi) is 4.66. The average Bonchev–Trinajstić information content (AvgIpc) is 3.50. The first kappa shape index (κ1) is 18.9. The van der Waals surface area contributed by atoms with Crippen LogP contribution >= 0.6 is 0 Å².